The van der Waals surface area contributed by atoms with Gasteiger partial charge in [0.25, 0.3) is 5.91 Å². The molecule has 0 unspecified atom stereocenters. The molecule has 1 amide bonds. The average Bonchev–Trinajstić information content (AvgIpc) is 3.04. The highest BCUT2D eigenvalue weighted by Gasteiger charge is 2.11. The van der Waals surface area contributed by atoms with Crippen LogP contribution in [0.4, 0.5) is 0 Å². The molecule has 0 radical (unpaired) electrons. The number of carbonyl (C=O) groups is 2. The van der Waals surface area contributed by atoms with E-state index in [0.29, 0.717) is 13.1 Å². The lowest BCUT2D eigenvalue weighted by Crippen LogP contribution is -2.28. The third-order valence-corrected chi connectivity index (χ3v) is 5.36. The van der Waals surface area contributed by atoms with Crippen molar-refractivity contribution < 1.29 is 14.3 Å². The Morgan fingerprint density at radius 2 is 1.75 bits per heavy atom. The van der Waals surface area contributed by atoms with E-state index >= 15 is 0 Å². The second kappa shape index (κ2) is 10.6. The first-order valence-corrected chi connectivity index (χ1v) is 10.6. The molecule has 0 bridgehead atoms. The Morgan fingerprint density at radius 1 is 1.03 bits per heavy atom. The number of carbonyl (C=O) groups excluding carboxylic acids is 2. The molecule has 3 rings (SSSR count). The topological polar surface area (TPSA) is 73.2 Å². The summed E-state index contributed by atoms with van der Waals surface area (Å²) in [5.41, 5.74) is 7.17. The van der Waals surface area contributed by atoms with Gasteiger partial charge in [0.15, 0.2) is 6.61 Å². The van der Waals surface area contributed by atoms with E-state index in [4.69, 9.17) is 4.74 Å². The van der Waals surface area contributed by atoms with Crippen molar-refractivity contribution in [1.29, 1.82) is 0 Å². The third-order valence-electron chi connectivity index (χ3n) is 5.36. The Bertz CT molecular complexity index is 1130. The van der Waals surface area contributed by atoms with Crippen LogP contribution in [0.5, 0.6) is 0 Å². The molecule has 1 N–H and O–H groups in total. The van der Waals surface area contributed by atoms with Crippen molar-refractivity contribution in [3.05, 3.63) is 93.8 Å². The lowest BCUT2D eigenvalue weighted by molar-refractivity contribution is -0.143. The number of ether oxygens (including phenoxy) is 1. The highest BCUT2D eigenvalue weighted by molar-refractivity contribution is 5.89. The maximum absolute atomic E-state index is 12.1. The number of aromatic nitrogens is 2. The summed E-state index contributed by atoms with van der Waals surface area (Å²) in [6.07, 6.45) is 3.03. The molecule has 0 aliphatic rings. The van der Waals surface area contributed by atoms with Gasteiger partial charge in [-0.1, -0.05) is 54.1 Å². The van der Waals surface area contributed by atoms with Crippen LogP contribution in [0.3, 0.4) is 0 Å². The molecule has 6 heteroatoms. The molecule has 32 heavy (non-hydrogen) atoms. The van der Waals surface area contributed by atoms with Crippen molar-refractivity contribution in [2.45, 2.75) is 40.8 Å². The monoisotopic (exact) mass is 431 g/mol. The minimum atomic E-state index is -0.568. The molecule has 0 spiro atoms. The zero-order chi connectivity index (χ0) is 23.1. The molecule has 6 nitrogen and oxygen atoms in total. The Labute approximate surface area is 188 Å². The Balaban J connectivity index is 1.52. The van der Waals surface area contributed by atoms with E-state index in [-0.39, 0.29) is 12.5 Å². The first-order valence-electron chi connectivity index (χ1n) is 10.6. The van der Waals surface area contributed by atoms with E-state index in [9.17, 15) is 9.59 Å². The van der Waals surface area contributed by atoms with Crippen LogP contribution in [0.1, 0.15) is 39.2 Å². The second-order valence-corrected chi connectivity index (χ2v) is 7.87. The standard InChI is InChI=1S/C26H29N3O3/c1-18-9-11-22(12-10-18)16-29-21(4)24(20(3)28-29)13-14-26(31)32-17-25(30)27-15-23-8-6-5-7-19(23)2/h5-14H,15-17H2,1-4H3,(H,27,30)/b14-13+. The number of aryl methyl sites for hydroxylation is 3. The van der Waals surface area contributed by atoms with Gasteiger partial charge in [0.05, 0.1) is 12.2 Å². The smallest absolute Gasteiger partial charge is 0.331 e. The first kappa shape index (κ1) is 23.0. The molecule has 0 saturated carbocycles. The van der Waals surface area contributed by atoms with Gasteiger partial charge in [-0.3, -0.25) is 9.48 Å². The number of nitrogens with one attached hydrogen (secondary N) is 1. The van der Waals surface area contributed by atoms with Gasteiger partial charge in [-0.25, -0.2) is 4.79 Å². The van der Waals surface area contributed by atoms with Crippen molar-refractivity contribution in [3.8, 4) is 0 Å². The summed E-state index contributed by atoms with van der Waals surface area (Å²) in [6.45, 7) is 8.66. The summed E-state index contributed by atoms with van der Waals surface area (Å²) in [6, 6.07) is 16.1. The molecule has 0 saturated heterocycles. The fraction of sp³-hybridized carbons (Fsp3) is 0.269. The average molecular weight is 432 g/mol. The van der Waals surface area contributed by atoms with Crippen LogP contribution in [0.25, 0.3) is 6.08 Å². The molecule has 0 aliphatic heterocycles. The van der Waals surface area contributed by atoms with Crippen LogP contribution < -0.4 is 5.32 Å². The van der Waals surface area contributed by atoms with Gasteiger partial charge in [0.2, 0.25) is 0 Å². The van der Waals surface area contributed by atoms with E-state index in [0.717, 1.165) is 33.6 Å². The quantitative estimate of drug-likeness (QED) is 0.432. The van der Waals surface area contributed by atoms with E-state index in [1.807, 2.05) is 49.7 Å². The molecule has 2 aromatic carbocycles. The highest BCUT2D eigenvalue weighted by atomic mass is 16.5. The fourth-order valence-corrected chi connectivity index (χ4v) is 3.36. The van der Waals surface area contributed by atoms with Crippen LogP contribution in [-0.2, 0) is 27.4 Å². The first-order chi connectivity index (χ1) is 15.3. The van der Waals surface area contributed by atoms with Crippen LogP contribution >= 0.6 is 0 Å². The molecule has 0 fully saturated rings. The maximum Gasteiger partial charge on any atom is 0.331 e. The minimum absolute atomic E-state index is 0.320. The van der Waals surface area contributed by atoms with E-state index in [2.05, 4.69) is 41.6 Å². The van der Waals surface area contributed by atoms with Crippen molar-refractivity contribution in [2.24, 2.45) is 0 Å². The molecule has 166 valence electrons. The van der Waals surface area contributed by atoms with Crippen LogP contribution in [0.2, 0.25) is 0 Å². The van der Waals surface area contributed by atoms with Crippen molar-refractivity contribution in [1.82, 2.24) is 15.1 Å². The summed E-state index contributed by atoms with van der Waals surface area (Å²) >= 11 is 0. The number of nitrogens with zero attached hydrogens (tertiary/aromatic N) is 2. The van der Waals surface area contributed by atoms with Gasteiger partial charge in [0, 0.05) is 23.9 Å². The van der Waals surface area contributed by atoms with Gasteiger partial charge < -0.3 is 10.1 Å². The summed E-state index contributed by atoms with van der Waals surface area (Å²) in [5.74, 6) is -0.908. The third kappa shape index (κ3) is 6.17. The normalized spacial score (nSPS) is 11.0. The predicted octanol–water partition coefficient (Wildman–Crippen LogP) is 4.04. The molecular weight excluding hydrogens is 402 g/mol. The Kier molecular flexibility index (Phi) is 7.60. The van der Waals surface area contributed by atoms with Crippen LogP contribution in [0, 0.1) is 27.7 Å². The summed E-state index contributed by atoms with van der Waals surface area (Å²) in [4.78, 5) is 24.1. The summed E-state index contributed by atoms with van der Waals surface area (Å²) in [7, 11) is 0. The number of rotatable bonds is 8. The highest BCUT2D eigenvalue weighted by Crippen LogP contribution is 2.17. The number of amides is 1. The molecular formula is C26H29N3O3. The molecule has 3 aromatic rings. The molecule has 1 aromatic heterocycles. The number of esters is 1. The van der Waals surface area contributed by atoms with Gasteiger partial charge in [-0.05, 0) is 50.5 Å². The van der Waals surface area contributed by atoms with Crippen molar-refractivity contribution in [3.63, 3.8) is 0 Å². The molecule has 0 atom stereocenters. The molecule has 0 aliphatic carbocycles. The van der Waals surface area contributed by atoms with E-state index in [1.165, 1.54) is 11.6 Å². The molecule has 1 heterocycles. The van der Waals surface area contributed by atoms with Gasteiger partial charge in [-0.2, -0.15) is 5.10 Å². The van der Waals surface area contributed by atoms with Crippen molar-refractivity contribution in [2.75, 3.05) is 6.61 Å². The predicted molar refractivity (Wildman–Crippen MR) is 125 cm³/mol. The largest absolute Gasteiger partial charge is 0.452 e. The van der Waals surface area contributed by atoms with Gasteiger partial charge >= 0.3 is 5.97 Å². The maximum atomic E-state index is 12.1. The number of hydrogen-bond acceptors (Lipinski definition) is 4. The van der Waals surface area contributed by atoms with Gasteiger partial charge in [0.1, 0.15) is 0 Å². The SMILES string of the molecule is Cc1ccc(Cn2nc(C)c(/C=C/C(=O)OCC(=O)NCc3ccccc3C)c2C)cc1. The van der Waals surface area contributed by atoms with E-state index < -0.39 is 5.97 Å². The zero-order valence-corrected chi connectivity index (χ0v) is 19.0. The zero-order valence-electron chi connectivity index (χ0n) is 19.0. The lowest BCUT2D eigenvalue weighted by Gasteiger charge is -2.07. The van der Waals surface area contributed by atoms with Crippen LogP contribution in [-0.4, -0.2) is 28.3 Å². The second-order valence-electron chi connectivity index (χ2n) is 7.87. The lowest BCUT2D eigenvalue weighted by atomic mass is 10.1. The number of hydrogen-bond donors (Lipinski definition) is 1. The van der Waals surface area contributed by atoms with Gasteiger partial charge in [-0.15, -0.1) is 0 Å². The summed E-state index contributed by atoms with van der Waals surface area (Å²) in [5, 5.41) is 7.35. The summed E-state index contributed by atoms with van der Waals surface area (Å²) < 4.78 is 6.99. The number of benzene rings is 2. The fourth-order valence-electron chi connectivity index (χ4n) is 3.36. The van der Waals surface area contributed by atoms with Crippen LogP contribution in [0.15, 0.2) is 54.6 Å². The Hall–Kier alpha value is -3.67. The van der Waals surface area contributed by atoms with Crippen molar-refractivity contribution >= 4 is 18.0 Å². The minimum Gasteiger partial charge on any atom is -0.452 e. The van der Waals surface area contributed by atoms with E-state index in [1.54, 1.807) is 6.08 Å². The Morgan fingerprint density at radius 3 is 2.47 bits per heavy atom.